The lowest BCUT2D eigenvalue weighted by Gasteiger charge is -2.10. The van der Waals surface area contributed by atoms with E-state index in [0.29, 0.717) is 28.1 Å². The molecule has 0 radical (unpaired) electrons. The topological polar surface area (TPSA) is 30.5 Å². The number of halogens is 3. The lowest BCUT2D eigenvalue weighted by molar-refractivity contribution is 0.174. The molecule has 0 amide bonds. The van der Waals surface area contributed by atoms with Gasteiger partial charge in [0.2, 0.25) is 6.79 Å². The van der Waals surface area contributed by atoms with Crippen LogP contribution in [0.25, 0.3) is 0 Å². The van der Waals surface area contributed by atoms with Crippen LogP contribution in [0.3, 0.4) is 0 Å². The second-order valence-corrected chi connectivity index (χ2v) is 5.99. The predicted octanol–water partition coefficient (Wildman–Crippen LogP) is 5.10. The van der Waals surface area contributed by atoms with E-state index in [1.165, 1.54) is 0 Å². The molecule has 0 aromatic heterocycles. The van der Waals surface area contributed by atoms with E-state index in [9.17, 15) is 0 Å². The standard InChI is InChI=1S/C14H10BrCl2NO2/c15-10-2-1-9(16)5-12(10)18-6-8-3-11(17)14-13(4-8)19-7-20-14/h1-5,18H,6-7H2. The number of rotatable bonds is 3. The Morgan fingerprint density at radius 2 is 2.00 bits per heavy atom. The van der Waals surface area contributed by atoms with Crippen molar-refractivity contribution in [3.05, 3.63) is 50.4 Å². The lowest BCUT2D eigenvalue weighted by Crippen LogP contribution is -2.00. The summed E-state index contributed by atoms with van der Waals surface area (Å²) in [6.45, 7) is 0.821. The first-order valence-corrected chi connectivity index (χ1v) is 7.45. The van der Waals surface area contributed by atoms with Gasteiger partial charge in [0.15, 0.2) is 11.5 Å². The summed E-state index contributed by atoms with van der Waals surface area (Å²) in [4.78, 5) is 0. The highest BCUT2D eigenvalue weighted by molar-refractivity contribution is 9.10. The fraction of sp³-hybridized carbons (Fsp3) is 0.143. The Balaban J connectivity index is 1.79. The van der Waals surface area contributed by atoms with Crippen LogP contribution in [0.4, 0.5) is 5.69 Å². The van der Waals surface area contributed by atoms with E-state index in [1.807, 2.05) is 30.3 Å². The summed E-state index contributed by atoms with van der Waals surface area (Å²) >= 11 is 15.6. The molecule has 0 unspecified atom stereocenters. The number of anilines is 1. The van der Waals surface area contributed by atoms with Gasteiger partial charge in [-0.15, -0.1) is 0 Å². The van der Waals surface area contributed by atoms with E-state index < -0.39 is 0 Å². The third kappa shape index (κ3) is 2.82. The summed E-state index contributed by atoms with van der Waals surface area (Å²) in [5.41, 5.74) is 1.93. The molecule has 0 fully saturated rings. The van der Waals surface area contributed by atoms with E-state index in [1.54, 1.807) is 0 Å². The Morgan fingerprint density at radius 1 is 1.15 bits per heavy atom. The first-order chi connectivity index (χ1) is 9.63. The first-order valence-electron chi connectivity index (χ1n) is 5.90. The minimum atomic E-state index is 0.214. The lowest BCUT2D eigenvalue weighted by atomic mass is 10.2. The third-order valence-electron chi connectivity index (χ3n) is 2.90. The maximum atomic E-state index is 6.15. The average Bonchev–Trinajstić information content (AvgIpc) is 2.89. The maximum Gasteiger partial charge on any atom is 0.231 e. The molecule has 0 aliphatic carbocycles. The van der Waals surface area contributed by atoms with Gasteiger partial charge < -0.3 is 14.8 Å². The minimum absolute atomic E-state index is 0.214. The van der Waals surface area contributed by atoms with Crippen molar-refractivity contribution in [2.75, 3.05) is 12.1 Å². The smallest absolute Gasteiger partial charge is 0.231 e. The van der Waals surface area contributed by atoms with Crippen molar-refractivity contribution in [1.29, 1.82) is 0 Å². The Bertz CT molecular complexity index is 664. The number of hydrogen-bond donors (Lipinski definition) is 1. The van der Waals surface area contributed by atoms with Gasteiger partial charge in [-0.1, -0.05) is 23.2 Å². The second-order valence-electron chi connectivity index (χ2n) is 4.29. The van der Waals surface area contributed by atoms with Crippen molar-refractivity contribution < 1.29 is 9.47 Å². The van der Waals surface area contributed by atoms with Crippen LogP contribution < -0.4 is 14.8 Å². The number of nitrogens with one attached hydrogen (secondary N) is 1. The molecule has 0 saturated carbocycles. The van der Waals surface area contributed by atoms with E-state index >= 15 is 0 Å². The molecule has 2 aromatic carbocycles. The molecule has 1 aliphatic heterocycles. The summed E-state index contributed by atoms with van der Waals surface area (Å²) in [6.07, 6.45) is 0. The van der Waals surface area contributed by atoms with Gasteiger partial charge in [-0.25, -0.2) is 0 Å². The monoisotopic (exact) mass is 373 g/mol. The number of fused-ring (bicyclic) bond motifs is 1. The molecule has 0 bridgehead atoms. The molecule has 3 nitrogen and oxygen atoms in total. The van der Waals surface area contributed by atoms with E-state index in [0.717, 1.165) is 15.7 Å². The molecule has 20 heavy (non-hydrogen) atoms. The summed E-state index contributed by atoms with van der Waals surface area (Å²) in [5, 5.41) is 4.54. The number of hydrogen-bond acceptors (Lipinski definition) is 3. The minimum Gasteiger partial charge on any atom is -0.454 e. The van der Waals surface area contributed by atoms with Crippen LogP contribution in [0.2, 0.25) is 10.0 Å². The second kappa shape index (κ2) is 5.72. The molecule has 1 aliphatic rings. The van der Waals surface area contributed by atoms with Gasteiger partial charge in [-0.2, -0.15) is 0 Å². The van der Waals surface area contributed by atoms with Crippen molar-refractivity contribution in [2.24, 2.45) is 0 Å². The zero-order valence-electron chi connectivity index (χ0n) is 10.3. The zero-order valence-corrected chi connectivity index (χ0v) is 13.3. The number of benzene rings is 2. The summed E-state index contributed by atoms with van der Waals surface area (Å²) in [7, 11) is 0. The van der Waals surface area contributed by atoms with Gasteiger partial charge in [0.1, 0.15) is 0 Å². The predicted molar refractivity (Wildman–Crippen MR) is 84.1 cm³/mol. The largest absolute Gasteiger partial charge is 0.454 e. The molecule has 6 heteroatoms. The Kier molecular flexibility index (Phi) is 3.96. The summed E-state index contributed by atoms with van der Waals surface area (Å²) in [5.74, 6) is 1.29. The SMILES string of the molecule is Clc1ccc(Br)c(NCc2cc(Cl)c3c(c2)OCO3)c1. The van der Waals surface area contributed by atoms with Gasteiger partial charge >= 0.3 is 0 Å². The van der Waals surface area contributed by atoms with E-state index in [4.69, 9.17) is 32.7 Å². The van der Waals surface area contributed by atoms with Gasteiger partial charge in [0.05, 0.1) is 10.7 Å². The highest BCUT2D eigenvalue weighted by atomic mass is 79.9. The normalized spacial score (nSPS) is 12.6. The highest BCUT2D eigenvalue weighted by Crippen LogP contribution is 2.40. The molecule has 0 saturated heterocycles. The molecular weight excluding hydrogens is 365 g/mol. The van der Waals surface area contributed by atoms with Crippen LogP contribution in [-0.4, -0.2) is 6.79 Å². The maximum absolute atomic E-state index is 6.15. The Morgan fingerprint density at radius 3 is 2.85 bits per heavy atom. The fourth-order valence-corrected chi connectivity index (χ4v) is 2.80. The van der Waals surface area contributed by atoms with Gasteiger partial charge in [-0.05, 0) is 51.8 Å². The highest BCUT2D eigenvalue weighted by Gasteiger charge is 2.18. The van der Waals surface area contributed by atoms with Crippen molar-refractivity contribution >= 4 is 44.8 Å². The zero-order chi connectivity index (χ0) is 14.1. The van der Waals surface area contributed by atoms with Crippen LogP contribution in [-0.2, 0) is 6.54 Å². The van der Waals surface area contributed by atoms with Gasteiger partial charge in [-0.3, -0.25) is 0 Å². The third-order valence-corrected chi connectivity index (χ3v) is 4.11. The molecule has 2 aromatic rings. The van der Waals surface area contributed by atoms with Crippen molar-refractivity contribution in [1.82, 2.24) is 0 Å². The quantitative estimate of drug-likeness (QED) is 0.810. The molecule has 1 heterocycles. The molecule has 1 N–H and O–H groups in total. The Labute approximate surface area is 134 Å². The van der Waals surface area contributed by atoms with Gasteiger partial charge in [0.25, 0.3) is 0 Å². The molecule has 0 atom stereocenters. The fourth-order valence-electron chi connectivity index (χ4n) is 1.95. The molecule has 104 valence electrons. The first kappa shape index (κ1) is 13.9. The summed E-state index contributed by atoms with van der Waals surface area (Å²) in [6, 6.07) is 9.37. The molecule has 0 spiro atoms. The molecule has 3 rings (SSSR count). The summed E-state index contributed by atoms with van der Waals surface area (Å²) < 4.78 is 11.6. The number of ether oxygens (including phenoxy) is 2. The van der Waals surface area contributed by atoms with Crippen LogP contribution in [0.5, 0.6) is 11.5 Å². The average molecular weight is 375 g/mol. The van der Waals surface area contributed by atoms with Crippen LogP contribution in [0.1, 0.15) is 5.56 Å². The Hall–Kier alpha value is -1.10. The van der Waals surface area contributed by atoms with Crippen LogP contribution >= 0.6 is 39.1 Å². The van der Waals surface area contributed by atoms with Crippen molar-refractivity contribution in [2.45, 2.75) is 6.54 Å². The van der Waals surface area contributed by atoms with Crippen molar-refractivity contribution in [3.63, 3.8) is 0 Å². The van der Waals surface area contributed by atoms with Crippen LogP contribution in [0.15, 0.2) is 34.8 Å². The van der Waals surface area contributed by atoms with Crippen LogP contribution in [0, 0.1) is 0 Å². The van der Waals surface area contributed by atoms with E-state index in [-0.39, 0.29) is 6.79 Å². The van der Waals surface area contributed by atoms with Gasteiger partial charge in [0, 0.05) is 16.0 Å². The van der Waals surface area contributed by atoms with E-state index in [2.05, 4.69) is 21.2 Å². The molecular formula is C14H10BrCl2NO2. The van der Waals surface area contributed by atoms with Crippen molar-refractivity contribution in [3.8, 4) is 11.5 Å².